The molecule has 0 unspecified atom stereocenters. The molecule has 2 fully saturated rings. The van der Waals surface area contributed by atoms with E-state index in [9.17, 15) is 9.59 Å². The number of halogens is 1. The predicted molar refractivity (Wildman–Crippen MR) is 131 cm³/mol. The number of carbonyl (C=O) groups excluding carboxylic acids is 2. The van der Waals surface area contributed by atoms with Crippen molar-refractivity contribution in [1.29, 1.82) is 0 Å². The molecule has 34 heavy (non-hydrogen) atoms. The number of amides is 2. The lowest BCUT2D eigenvalue weighted by molar-refractivity contribution is -0.00142. The first kappa shape index (κ1) is 26.4. The molecule has 0 spiro atoms. The van der Waals surface area contributed by atoms with Crippen molar-refractivity contribution in [2.24, 2.45) is 5.92 Å². The Kier molecular flexibility index (Phi) is 9.67. The molecule has 10 heteroatoms. The SMILES string of the molecule is CCCOC(=O)N1CCC(CN2CC[C@@H](NC(=O)c3cc(Cl)c(N)cc3OC)[C@@H](OC)C2)CC1. The van der Waals surface area contributed by atoms with E-state index in [0.29, 0.717) is 34.5 Å². The zero-order valence-corrected chi connectivity index (χ0v) is 21.1. The number of likely N-dealkylation sites (tertiary alicyclic amines) is 2. The Morgan fingerprint density at radius 3 is 2.56 bits per heavy atom. The molecule has 2 heterocycles. The van der Waals surface area contributed by atoms with Gasteiger partial charge in [0.2, 0.25) is 0 Å². The van der Waals surface area contributed by atoms with Crippen LogP contribution in [0.2, 0.25) is 5.02 Å². The molecule has 2 atom stereocenters. The van der Waals surface area contributed by atoms with Crippen LogP contribution >= 0.6 is 11.6 Å². The zero-order chi connectivity index (χ0) is 24.7. The standard InChI is InChI=1S/C24H37ClN4O5/c1-4-11-34-24(31)29-9-5-16(6-10-29)14-28-8-7-20(22(15-28)33-3)27-23(30)17-12-18(25)19(26)13-21(17)32-2/h12-13,16,20,22H,4-11,14-15,26H2,1-3H3,(H,27,30)/t20-,22+/m1/s1. The summed E-state index contributed by atoms with van der Waals surface area (Å²) in [5.74, 6) is 0.650. The van der Waals surface area contributed by atoms with Crippen molar-refractivity contribution < 1.29 is 23.8 Å². The van der Waals surface area contributed by atoms with Crippen molar-refractivity contribution in [3.63, 3.8) is 0 Å². The van der Waals surface area contributed by atoms with Crippen molar-refractivity contribution in [3.05, 3.63) is 22.7 Å². The summed E-state index contributed by atoms with van der Waals surface area (Å²) in [4.78, 5) is 29.2. The number of anilines is 1. The van der Waals surface area contributed by atoms with Crippen LogP contribution in [0.25, 0.3) is 0 Å². The van der Waals surface area contributed by atoms with Crippen molar-refractivity contribution >= 4 is 29.3 Å². The molecule has 3 rings (SSSR count). The molecule has 2 saturated heterocycles. The minimum absolute atomic E-state index is 0.120. The van der Waals surface area contributed by atoms with E-state index in [1.807, 2.05) is 11.8 Å². The summed E-state index contributed by atoms with van der Waals surface area (Å²) in [5, 5.41) is 3.40. The first-order valence-electron chi connectivity index (χ1n) is 12.0. The first-order valence-corrected chi connectivity index (χ1v) is 12.3. The Morgan fingerprint density at radius 2 is 1.91 bits per heavy atom. The predicted octanol–water partition coefficient (Wildman–Crippen LogP) is 3.01. The summed E-state index contributed by atoms with van der Waals surface area (Å²) < 4.78 is 16.3. The van der Waals surface area contributed by atoms with E-state index in [4.69, 9.17) is 31.5 Å². The van der Waals surface area contributed by atoms with Gasteiger partial charge in [-0.05, 0) is 37.7 Å². The number of ether oxygens (including phenoxy) is 3. The van der Waals surface area contributed by atoms with Crippen LogP contribution in [-0.2, 0) is 9.47 Å². The van der Waals surface area contributed by atoms with Gasteiger partial charge in [-0.15, -0.1) is 0 Å². The third-order valence-electron chi connectivity index (χ3n) is 6.64. The molecule has 9 nitrogen and oxygen atoms in total. The number of piperidine rings is 2. The van der Waals surface area contributed by atoms with E-state index in [1.54, 1.807) is 13.2 Å². The lowest BCUT2D eigenvalue weighted by atomic mass is 9.94. The summed E-state index contributed by atoms with van der Waals surface area (Å²) >= 11 is 6.13. The van der Waals surface area contributed by atoms with E-state index in [1.165, 1.54) is 13.2 Å². The second-order valence-corrected chi connectivity index (χ2v) is 9.43. The van der Waals surface area contributed by atoms with Gasteiger partial charge < -0.3 is 35.1 Å². The van der Waals surface area contributed by atoms with Gasteiger partial charge in [-0.1, -0.05) is 18.5 Å². The van der Waals surface area contributed by atoms with Crippen molar-refractivity contribution in [2.45, 2.75) is 44.8 Å². The van der Waals surface area contributed by atoms with Gasteiger partial charge in [0.1, 0.15) is 5.75 Å². The molecule has 0 bridgehead atoms. The molecule has 1 aromatic rings. The number of nitrogens with two attached hydrogens (primary N) is 1. The number of rotatable bonds is 8. The first-order chi connectivity index (χ1) is 16.4. The number of methoxy groups -OCH3 is 2. The van der Waals surface area contributed by atoms with Gasteiger partial charge in [0.15, 0.2) is 0 Å². The largest absolute Gasteiger partial charge is 0.496 e. The molecule has 0 aliphatic carbocycles. The Bertz CT molecular complexity index is 847. The lowest BCUT2D eigenvalue weighted by Gasteiger charge is -2.40. The van der Waals surface area contributed by atoms with Crippen LogP contribution < -0.4 is 15.8 Å². The number of nitrogen functional groups attached to an aromatic ring is 1. The Balaban J connectivity index is 1.50. The zero-order valence-electron chi connectivity index (χ0n) is 20.3. The van der Waals surface area contributed by atoms with Gasteiger partial charge in [0.25, 0.3) is 5.91 Å². The van der Waals surface area contributed by atoms with Crippen molar-refractivity contribution in [1.82, 2.24) is 15.1 Å². The Labute approximate surface area is 206 Å². The molecule has 2 amide bonds. The maximum Gasteiger partial charge on any atom is 0.409 e. The van der Waals surface area contributed by atoms with Crippen molar-refractivity contribution in [2.75, 3.05) is 59.3 Å². The normalized spacial score (nSPS) is 21.8. The number of benzene rings is 1. The number of carbonyl (C=O) groups is 2. The fourth-order valence-corrected chi connectivity index (χ4v) is 4.82. The lowest BCUT2D eigenvalue weighted by Crippen LogP contribution is -2.55. The van der Waals surface area contributed by atoms with Crippen molar-refractivity contribution in [3.8, 4) is 5.75 Å². The number of hydrogen-bond acceptors (Lipinski definition) is 7. The quantitative estimate of drug-likeness (QED) is 0.533. The maximum absolute atomic E-state index is 13.0. The molecule has 0 saturated carbocycles. The molecule has 0 radical (unpaired) electrons. The molecule has 2 aliphatic heterocycles. The monoisotopic (exact) mass is 496 g/mol. The molecule has 190 valence electrons. The maximum atomic E-state index is 13.0. The summed E-state index contributed by atoms with van der Waals surface area (Å²) in [5.41, 5.74) is 6.55. The minimum Gasteiger partial charge on any atom is -0.496 e. The molecule has 3 N–H and O–H groups in total. The van der Waals surface area contributed by atoms with Gasteiger partial charge in [0, 0.05) is 45.9 Å². The fraction of sp³-hybridized carbons (Fsp3) is 0.667. The van der Waals surface area contributed by atoms with Crippen LogP contribution in [0.5, 0.6) is 5.75 Å². The summed E-state index contributed by atoms with van der Waals surface area (Å²) in [6, 6.07) is 2.97. The van der Waals surface area contributed by atoms with Crippen LogP contribution in [-0.4, -0.2) is 87.5 Å². The second kappa shape index (κ2) is 12.5. The summed E-state index contributed by atoms with van der Waals surface area (Å²) in [6.45, 7) is 6.49. The highest BCUT2D eigenvalue weighted by molar-refractivity contribution is 6.33. The van der Waals surface area contributed by atoms with Crippen LogP contribution in [0.1, 0.15) is 43.0 Å². The Hall–Kier alpha value is -2.23. The molecular formula is C24H37ClN4O5. The molecule has 2 aliphatic rings. The van der Waals surface area contributed by atoms with E-state index in [-0.39, 0.29) is 24.1 Å². The molecule has 1 aromatic carbocycles. The Morgan fingerprint density at radius 1 is 1.18 bits per heavy atom. The van der Waals surface area contributed by atoms with Gasteiger partial charge >= 0.3 is 6.09 Å². The fourth-order valence-electron chi connectivity index (χ4n) is 4.66. The average Bonchev–Trinajstić information content (AvgIpc) is 2.85. The van der Waals surface area contributed by atoms with Crippen LogP contribution in [0.15, 0.2) is 12.1 Å². The van der Waals surface area contributed by atoms with Gasteiger partial charge in [0.05, 0.1) is 42.1 Å². The minimum atomic E-state index is -0.262. The summed E-state index contributed by atoms with van der Waals surface area (Å²) in [7, 11) is 3.17. The third kappa shape index (κ3) is 6.67. The highest BCUT2D eigenvalue weighted by Crippen LogP contribution is 2.29. The van der Waals surface area contributed by atoms with E-state index >= 15 is 0 Å². The number of nitrogens with zero attached hydrogens (tertiary/aromatic N) is 2. The second-order valence-electron chi connectivity index (χ2n) is 9.02. The van der Waals surface area contributed by atoms with Gasteiger partial charge in [-0.3, -0.25) is 4.79 Å². The van der Waals surface area contributed by atoms with Crippen LogP contribution in [0.3, 0.4) is 0 Å². The highest BCUT2D eigenvalue weighted by atomic mass is 35.5. The van der Waals surface area contributed by atoms with Gasteiger partial charge in [-0.2, -0.15) is 0 Å². The van der Waals surface area contributed by atoms with E-state index < -0.39 is 0 Å². The topological polar surface area (TPSA) is 106 Å². The third-order valence-corrected chi connectivity index (χ3v) is 6.97. The molecule has 0 aromatic heterocycles. The summed E-state index contributed by atoms with van der Waals surface area (Å²) in [6.07, 6.45) is 3.21. The average molecular weight is 497 g/mol. The smallest absolute Gasteiger partial charge is 0.409 e. The van der Waals surface area contributed by atoms with Crippen LogP contribution in [0.4, 0.5) is 10.5 Å². The van der Waals surface area contributed by atoms with Gasteiger partial charge in [-0.25, -0.2) is 4.79 Å². The van der Waals surface area contributed by atoms with E-state index in [0.717, 1.165) is 58.4 Å². The number of nitrogens with one attached hydrogen (secondary N) is 1. The van der Waals surface area contributed by atoms with Crippen LogP contribution in [0, 0.1) is 5.92 Å². The molecular weight excluding hydrogens is 460 g/mol. The number of hydrogen-bond donors (Lipinski definition) is 2. The van der Waals surface area contributed by atoms with E-state index in [2.05, 4.69) is 10.2 Å². The highest BCUT2D eigenvalue weighted by Gasteiger charge is 2.33.